The molecule has 1 atom stereocenters. The Kier molecular flexibility index (Phi) is 6.24. The van der Waals surface area contributed by atoms with Crippen LogP contribution in [0, 0.1) is 0 Å². The number of hydrogen-bond donors (Lipinski definition) is 1. The van der Waals surface area contributed by atoms with Crippen LogP contribution < -0.4 is 5.32 Å². The van der Waals surface area contributed by atoms with Crippen LogP contribution in [0.4, 0.5) is 4.79 Å². The van der Waals surface area contributed by atoms with E-state index in [1.54, 1.807) is 24.1 Å². The summed E-state index contributed by atoms with van der Waals surface area (Å²) < 4.78 is 7.24. The first kappa shape index (κ1) is 23.3. The van der Waals surface area contributed by atoms with Gasteiger partial charge in [0, 0.05) is 38.4 Å². The number of carbonyl (C=O) groups is 4. The number of hydroxylamine groups is 2. The highest BCUT2D eigenvalue weighted by molar-refractivity contribution is 6.01. The zero-order valence-electron chi connectivity index (χ0n) is 19.5. The van der Waals surface area contributed by atoms with Crippen molar-refractivity contribution in [2.45, 2.75) is 31.2 Å². The predicted octanol–water partition coefficient (Wildman–Crippen LogP) is 2.48. The summed E-state index contributed by atoms with van der Waals surface area (Å²) in [5, 5.41) is 2.97. The monoisotopic (exact) mass is 488 g/mol. The van der Waals surface area contributed by atoms with E-state index in [0.29, 0.717) is 10.8 Å². The Labute approximate surface area is 206 Å². The number of carbonyl (C=O) groups excluding carboxylic acids is 4. The van der Waals surface area contributed by atoms with Crippen molar-refractivity contribution >= 4 is 23.9 Å². The molecule has 1 aromatic heterocycles. The Balaban J connectivity index is 1.28. The molecule has 0 spiro atoms. The normalized spacial score (nSPS) is 15.4. The van der Waals surface area contributed by atoms with Gasteiger partial charge in [-0.1, -0.05) is 48.5 Å². The molecular weight excluding hydrogens is 464 g/mol. The maximum atomic E-state index is 12.9. The second kappa shape index (κ2) is 9.65. The van der Waals surface area contributed by atoms with Crippen molar-refractivity contribution < 1.29 is 28.8 Å². The van der Waals surface area contributed by atoms with E-state index >= 15 is 0 Å². The lowest BCUT2D eigenvalue weighted by Gasteiger charge is -2.20. The number of imide groups is 1. The summed E-state index contributed by atoms with van der Waals surface area (Å²) in [5.41, 5.74) is 4.82. The Morgan fingerprint density at radius 2 is 1.64 bits per heavy atom. The number of amides is 3. The molecule has 2 heterocycles. The van der Waals surface area contributed by atoms with Gasteiger partial charge in [-0.3, -0.25) is 9.59 Å². The van der Waals surface area contributed by atoms with Crippen molar-refractivity contribution in [1.29, 1.82) is 0 Å². The number of fused-ring (bicyclic) bond motifs is 3. The van der Waals surface area contributed by atoms with Gasteiger partial charge in [-0.2, -0.15) is 0 Å². The maximum absolute atomic E-state index is 12.9. The van der Waals surface area contributed by atoms with Gasteiger partial charge in [0.05, 0.1) is 12.0 Å². The molecule has 1 N–H and O–H groups in total. The molecule has 3 amide bonds. The maximum Gasteiger partial charge on any atom is 0.407 e. The Morgan fingerprint density at radius 1 is 1.03 bits per heavy atom. The zero-order chi connectivity index (χ0) is 25.2. The van der Waals surface area contributed by atoms with Gasteiger partial charge in [-0.15, -0.1) is 5.06 Å². The van der Waals surface area contributed by atoms with Crippen molar-refractivity contribution in [1.82, 2.24) is 19.9 Å². The van der Waals surface area contributed by atoms with Gasteiger partial charge >= 0.3 is 12.1 Å². The molecule has 0 bridgehead atoms. The fraction of sp³-hybridized carbons (Fsp3) is 0.269. The Hall–Kier alpha value is -4.47. The van der Waals surface area contributed by atoms with Gasteiger partial charge in [0.1, 0.15) is 12.6 Å². The first-order chi connectivity index (χ1) is 17.4. The van der Waals surface area contributed by atoms with Crippen LogP contribution in [0.1, 0.15) is 35.6 Å². The number of ether oxygens (including phenoxy) is 1. The number of imidazole rings is 1. The van der Waals surface area contributed by atoms with Crippen LogP contribution in [0.25, 0.3) is 11.1 Å². The number of hydrogen-bond acceptors (Lipinski definition) is 7. The third-order valence-corrected chi connectivity index (χ3v) is 6.28. The zero-order valence-corrected chi connectivity index (χ0v) is 19.5. The van der Waals surface area contributed by atoms with Crippen molar-refractivity contribution in [2.75, 3.05) is 6.61 Å². The quantitative estimate of drug-likeness (QED) is 0.508. The van der Waals surface area contributed by atoms with Crippen LogP contribution in [-0.2, 0) is 37.4 Å². The molecule has 10 nitrogen and oxygen atoms in total. The van der Waals surface area contributed by atoms with Crippen LogP contribution >= 0.6 is 0 Å². The summed E-state index contributed by atoms with van der Waals surface area (Å²) in [6, 6.07) is 14.7. The number of nitrogens with zero attached hydrogens (tertiary/aromatic N) is 3. The number of aromatic nitrogens is 2. The average Bonchev–Trinajstić information content (AvgIpc) is 3.53. The molecule has 1 fully saturated rings. The molecule has 0 saturated carbocycles. The van der Waals surface area contributed by atoms with E-state index in [-0.39, 0.29) is 31.8 Å². The number of aryl methyl sites for hydroxylation is 1. The lowest BCUT2D eigenvalue weighted by atomic mass is 9.98. The van der Waals surface area contributed by atoms with Gasteiger partial charge in [0.15, 0.2) is 0 Å². The van der Waals surface area contributed by atoms with Gasteiger partial charge in [-0.25, -0.2) is 14.6 Å². The fourth-order valence-electron chi connectivity index (χ4n) is 4.57. The van der Waals surface area contributed by atoms with E-state index < -0.39 is 29.9 Å². The number of alkyl carbamates (subject to hydrolysis) is 1. The van der Waals surface area contributed by atoms with Gasteiger partial charge < -0.3 is 19.5 Å². The summed E-state index contributed by atoms with van der Waals surface area (Å²) in [5.74, 6) is -2.32. The minimum absolute atomic E-state index is 0.0138. The third kappa shape index (κ3) is 4.57. The standard InChI is InChI=1S/C26H24N4O6/c1-29-13-16(27-15-29)12-22(25(33)36-30-23(31)10-11-24(30)32)28-26(34)35-14-21-19-8-4-2-6-17(19)18-7-3-5-9-20(18)21/h2-9,13,15,21-22H,10-12,14H2,1H3,(H,28,34). The van der Waals surface area contributed by atoms with E-state index in [9.17, 15) is 19.2 Å². The van der Waals surface area contributed by atoms with Crippen LogP contribution in [-0.4, -0.2) is 51.1 Å². The summed E-state index contributed by atoms with van der Waals surface area (Å²) in [6.45, 7) is 0.0638. The van der Waals surface area contributed by atoms with Gasteiger partial charge in [0.2, 0.25) is 0 Å². The van der Waals surface area contributed by atoms with Crippen molar-refractivity contribution in [3.63, 3.8) is 0 Å². The number of nitrogens with one attached hydrogen (secondary N) is 1. The van der Waals surface area contributed by atoms with E-state index in [0.717, 1.165) is 22.3 Å². The van der Waals surface area contributed by atoms with Crippen LogP contribution in [0.5, 0.6) is 0 Å². The molecule has 5 rings (SSSR count). The van der Waals surface area contributed by atoms with Gasteiger partial charge in [0.25, 0.3) is 11.8 Å². The molecule has 1 saturated heterocycles. The second-order valence-electron chi connectivity index (χ2n) is 8.75. The minimum Gasteiger partial charge on any atom is -0.449 e. The van der Waals surface area contributed by atoms with E-state index in [1.807, 2.05) is 48.5 Å². The van der Waals surface area contributed by atoms with E-state index in [4.69, 9.17) is 9.57 Å². The summed E-state index contributed by atoms with van der Waals surface area (Å²) in [7, 11) is 1.77. The number of rotatable bonds is 7. The topological polar surface area (TPSA) is 120 Å². The van der Waals surface area contributed by atoms with Crippen LogP contribution in [0.3, 0.4) is 0 Å². The van der Waals surface area contributed by atoms with Gasteiger partial charge in [-0.05, 0) is 22.3 Å². The highest BCUT2D eigenvalue weighted by Crippen LogP contribution is 2.44. The minimum atomic E-state index is -1.23. The molecule has 2 aromatic carbocycles. The first-order valence-corrected chi connectivity index (χ1v) is 11.6. The summed E-state index contributed by atoms with van der Waals surface area (Å²) in [4.78, 5) is 58.6. The van der Waals surface area contributed by atoms with Crippen LogP contribution in [0.2, 0.25) is 0 Å². The largest absolute Gasteiger partial charge is 0.449 e. The van der Waals surface area contributed by atoms with Crippen molar-refractivity contribution in [3.8, 4) is 11.1 Å². The molecule has 2 aliphatic rings. The highest BCUT2D eigenvalue weighted by Gasteiger charge is 2.36. The second-order valence-corrected chi connectivity index (χ2v) is 8.75. The molecule has 1 unspecified atom stereocenters. The average molecular weight is 489 g/mol. The fourth-order valence-corrected chi connectivity index (χ4v) is 4.57. The summed E-state index contributed by atoms with van der Waals surface area (Å²) >= 11 is 0. The Bertz CT molecular complexity index is 1290. The van der Waals surface area contributed by atoms with E-state index in [2.05, 4.69) is 10.3 Å². The third-order valence-electron chi connectivity index (χ3n) is 6.28. The molecule has 1 aliphatic carbocycles. The first-order valence-electron chi connectivity index (χ1n) is 11.6. The van der Waals surface area contributed by atoms with Crippen molar-refractivity contribution in [3.05, 3.63) is 77.9 Å². The predicted molar refractivity (Wildman–Crippen MR) is 126 cm³/mol. The molecule has 1 aliphatic heterocycles. The molecule has 184 valence electrons. The summed E-state index contributed by atoms with van der Waals surface area (Å²) in [6.07, 6.45) is 2.34. The molecule has 10 heteroatoms. The number of benzene rings is 2. The molecular formula is C26H24N4O6. The molecule has 36 heavy (non-hydrogen) atoms. The SMILES string of the molecule is Cn1cnc(CC(NC(=O)OCC2c3ccccc3-c3ccccc32)C(=O)ON2C(=O)CCC2=O)c1. The molecule has 0 radical (unpaired) electrons. The molecule has 3 aromatic rings. The lowest BCUT2D eigenvalue weighted by Crippen LogP contribution is -2.47. The smallest absolute Gasteiger partial charge is 0.407 e. The Morgan fingerprint density at radius 3 is 2.22 bits per heavy atom. The highest BCUT2D eigenvalue weighted by atomic mass is 16.7. The van der Waals surface area contributed by atoms with Crippen molar-refractivity contribution in [2.24, 2.45) is 7.05 Å². The lowest BCUT2D eigenvalue weighted by molar-refractivity contribution is -0.198. The van der Waals surface area contributed by atoms with E-state index in [1.165, 1.54) is 0 Å². The van der Waals surface area contributed by atoms with Crippen LogP contribution in [0.15, 0.2) is 61.1 Å².